The fourth-order valence-electron chi connectivity index (χ4n) is 2.23. The number of aromatic nitrogens is 2. The van der Waals surface area contributed by atoms with Crippen LogP contribution < -0.4 is 5.73 Å². The average Bonchev–Trinajstić information content (AvgIpc) is 2.67. The van der Waals surface area contributed by atoms with Crippen LogP contribution in [0, 0.1) is 5.92 Å². The summed E-state index contributed by atoms with van der Waals surface area (Å²) >= 11 is 0. The molecular weight excluding hydrogens is 232 g/mol. The molecule has 0 aliphatic carbocycles. The lowest BCUT2D eigenvalue weighted by Crippen LogP contribution is -2.29. The van der Waals surface area contributed by atoms with E-state index in [0.29, 0.717) is 31.3 Å². The molecule has 2 heterocycles. The third kappa shape index (κ3) is 3.16. The number of nitrogens with two attached hydrogens (primary N) is 1. The molecule has 1 aliphatic rings. The highest BCUT2D eigenvalue weighted by molar-refractivity contribution is 5.78. The molecule has 2 N–H and O–H groups in total. The van der Waals surface area contributed by atoms with Crippen molar-refractivity contribution in [3.63, 3.8) is 0 Å². The molecule has 2 rings (SSSR count). The molecule has 1 aromatic heterocycles. The molecule has 1 aliphatic heterocycles. The Hall–Kier alpha value is -1.69. The molecule has 6 nitrogen and oxygen atoms in total. The van der Waals surface area contributed by atoms with Crippen LogP contribution in [0.25, 0.3) is 0 Å². The number of carbonyl (C=O) groups excluding carboxylic acids is 1. The smallest absolute Gasteiger partial charge is 0.223 e. The topological polar surface area (TPSA) is 81.3 Å². The van der Waals surface area contributed by atoms with Crippen molar-refractivity contribution in [1.82, 2.24) is 14.9 Å². The summed E-state index contributed by atoms with van der Waals surface area (Å²) in [6.07, 6.45) is 2.81. The first-order valence-electron chi connectivity index (χ1n) is 6.02. The predicted octanol–water partition coefficient (Wildman–Crippen LogP) is 0.0962. The SMILES string of the molecule is COCCN1C[C@H](Cc2cc(N)ncn2)CC1=O. The van der Waals surface area contributed by atoms with Crippen molar-refractivity contribution in [3.05, 3.63) is 18.1 Å². The summed E-state index contributed by atoms with van der Waals surface area (Å²) < 4.78 is 4.99. The largest absolute Gasteiger partial charge is 0.384 e. The van der Waals surface area contributed by atoms with Crippen LogP contribution in [0.5, 0.6) is 0 Å². The lowest BCUT2D eigenvalue weighted by Gasteiger charge is -2.15. The summed E-state index contributed by atoms with van der Waals surface area (Å²) in [5.74, 6) is 0.975. The number of nitrogens with zero attached hydrogens (tertiary/aromatic N) is 3. The van der Waals surface area contributed by atoms with Gasteiger partial charge >= 0.3 is 0 Å². The second-order valence-corrected chi connectivity index (χ2v) is 4.54. The number of hydrogen-bond donors (Lipinski definition) is 1. The summed E-state index contributed by atoms with van der Waals surface area (Å²) in [6.45, 7) is 2.02. The van der Waals surface area contributed by atoms with E-state index in [2.05, 4.69) is 9.97 Å². The fourth-order valence-corrected chi connectivity index (χ4v) is 2.23. The van der Waals surface area contributed by atoms with Crippen LogP contribution in [0.15, 0.2) is 12.4 Å². The van der Waals surface area contributed by atoms with E-state index in [0.717, 1.165) is 18.7 Å². The third-order valence-corrected chi connectivity index (χ3v) is 3.10. The molecule has 0 aromatic carbocycles. The Morgan fingerprint density at radius 1 is 1.56 bits per heavy atom. The van der Waals surface area contributed by atoms with E-state index >= 15 is 0 Å². The van der Waals surface area contributed by atoms with Crippen molar-refractivity contribution < 1.29 is 9.53 Å². The number of carbonyl (C=O) groups is 1. The Bertz CT molecular complexity index is 424. The molecule has 0 spiro atoms. The van der Waals surface area contributed by atoms with Crippen LogP contribution in [0.2, 0.25) is 0 Å². The molecule has 18 heavy (non-hydrogen) atoms. The van der Waals surface area contributed by atoms with Crippen molar-refractivity contribution in [2.45, 2.75) is 12.8 Å². The highest BCUT2D eigenvalue weighted by Gasteiger charge is 2.29. The molecule has 0 bridgehead atoms. The van der Waals surface area contributed by atoms with Crippen LogP contribution in [-0.4, -0.2) is 47.6 Å². The second-order valence-electron chi connectivity index (χ2n) is 4.54. The van der Waals surface area contributed by atoms with Gasteiger partial charge < -0.3 is 15.4 Å². The van der Waals surface area contributed by atoms with Gasteiger partial charge in [0.05, 0.1) is 6.61 Å². The van der Waals surface area contributed by atoms with Gasteiger partial charge in [-0.3, -0.25) is 4.79 Å². The first-order chi connectivity index (χ1) is 8.69. The maximum atomic E-state index is 11.8. The summed E-state index contributed by atoms with van der Waals surface area (Å²) in [5.41, 5.74) is 6.51. The van der Waals surface area contributed by atoms with Gasteiger partial charge in [-0.25, -0.2) is 9.97 Å². The molecule has 98 valence electrons. The number of likely N-dealkylation sites (tertiary alicyclic amines) is 1. The number of rotatable bonds is 5. The van der Waals surface area contributed by atoms with Crippen LogP contribution in [-0.2, 0) is 16.0 Å². The van der Waals surface area contributed by atoms with Gasteiger partial charge in [-0.1, -0.05) is 0 Å². The highest BCUT2D eigenvalue weighted by Crippen LogP contribution is 2.21. The summed E-state index contributed by atoms with van der Waals surface area (Å²) in [5, 5.41) is 0. The van der Waals surface area contributed by atoms with Gasteiger partial charge in [0.15, 0.2) is 0 Å². The van der Waals surface area contributed by atoms with Crippen molar-refractivity contribution >= 4 is 11.7 Å². The molecule has 1 aromatic rings. The molecule has 1 atom stereocenters. The van der Waals surface area contributed by atoms with E-state index in [-0.39, 0.29) is 5.91 Å². The van der Waals surface area contributed by atoms with E-state index in [1.807, 2.05) is 4.90 Å². The summed E-state index contributed by atoms with van der Waals surface area (Å²) in [7, 11) is 1.64. The van der Waals surface area contributed by atoms with Gasteiger partial charge in [0, 0.05) is 38.4 Å². The molecule has 1 amide bonds. The number of nitrogen functional groups attached to an aromatic ring is 1. The maximum Gasteiger partial charge on any atom is 0.223 e. The van der Waals surface area contributed by atoms with Gasteiger partial charge in [-0.05, 0) is 12.3 Å². The minimum atomic E-state index is 0.194. The first kappa shape index (κ1) is 12.8. The third-order valence-electron chi connectivity index (χ3n) is 3.10. The van der Waals surface area contributed by atoms with E-state index in [1.165, 1.54) is 6.33 Å². The Balaban J connectivity index is 1.90. The number of ether oxygens (including phenoxy) is 1. The van der Waals surface area contributed by atoms with Crippen LogP contribution in [0.1, 0.15) is 12.1 Å². The van der Waals surface area contributed by atoms with E-state index in [9.17, 15) is 4.79 Å². The maximum absolute atomic E-state index is 11.8. The molecule has 1 saturated heterocycles. The van der Waals surface area contributed by atoms with Crippen molar-refractivity contribution in [1.29, 1.82) is 0 Å². The Labute approximate surface area is 106 Å². The fraction of sp³-hybridized carbons (Fsp3) is 0.583. The molecule has 0 saturated carbocycles. The Kier molecular flexibility index (Phi) is 4.09. The molecule has 0 unspecified atom stereocenters. The minimum absolute atomic E-state index is 0.194. The zero-order valence-electron chi connectivity index (χ0n) is 10.5. The molecular formula is C12H18N4O2. The van der Waals surface area contributed by atoms with Crippen molar-refractivity contribution in [3.8, 4) is 0 Å². The van der Waals surface area contributed by atoms with Crippen molar-refractivity contribution in [2.24, 2.45) is 5.92 Å². The number of anilines is 1. The van der Waals surface area contributed by atoms with Gasteiger partial charge in [-0.15, -0.1) is 0 Å². The van der Waals surface area contributed by atoms with Gasteiger partial charge in [-0.2, -0.15) is 0 Å². The quantitative estimate of drug-likeness (QED) is 0.801. The first-order valence-corrected chi connectivity index (χ1v) is 6.02. The molecule has 6 heteroatoms. The summed E-state index contributed by atoms with van der Waals surface area (Å²) in [6, 6.07) is 1.77. The predicted molar refractivity (Wildman–Crippen MR) is 66.7 cm³/mol. The van der Waals surface area contributed by atoms with E-state index in [1.54, 1.807) is 13.2 Å². The standard InChI is InChI=1S/C12H18N4O2/c1-18-3-2-16-7-9(5-12(16)17)4-10-6-11(13)15-8-14-10/h6,8-9H,2-5,7H2,1H3,(H2,13,14,15)/t9-/m1/s1. The van der Waals surface area contributed by atoms with Gasteiger partial charge in [0.1, 0.15) is 12.1 Å². The summed E-state index contributed by atoms with van der Waals surface area (Å²) in [4.78, 5) is 21.6. The monoisotopic (exact) mass is 250 g/mol. The van der Waals surface area contributed by atoms with Crippen LogP contribution >= 0.6 is 0 Å². The number of methoxy groups -OCH3 is 1. The van der Waals surface area contributed by atoms with Gasteiger partial charge in [0.2, 0.25) is 5.91 Å². The minimum Gasteiger partial charge on any atom is -0.384 e. The zero-order chi connectivity index (χ0) is 13.0. The van der Waals surface area contributed by atoms with E-state index < -0.39 is 0 Å². The second kappa shape index (κ2) is 5.77. The van der Waals surface area contributed by atoms with Gasteiger partial charge in [0.25, 0.3) is 0 Å². The van der Waals surface area contributed by atoms with Crippen molar-refractivity contribution in [2.75, 3.05) is 32.5 Å². The number of hydrogen-bond acceptors (Lipinski definition) is 5. The zero-order valence-corrected chi connectivity index (χ0v) is 10.5. The Morgan fingerprint density at radius 2 is 2.39 bits per heavy atom. The lowest BCUT2D eigenvalue weighted by atomic mass is 10.0. The average molecular weight is 250 g/mol. The molecule has 0 radical (unpaired) electrons. The number of amides is 1. The molecule has 1 fully saturated rings. The van der Waals surface area contributed by atoms with Crippen LogP contribution in [0.3, 0.4) is 0 Å². The van der Waals surface area contributed by atoms with E-state index in [4.69, 9.17) is 10.5 Å². The van der Waals surface area contributed by atoms with Crippen LogP contribution in [0.4, 0.5) is 5.82 Å². The Morgan fingerprint density at radius 3 is 3.11 bits per heavy atom. The normalized spacial score (nSPS) is 19.5. The lowest BCUT2D eigenvalue weighted by molar-refractivity contribution is -0.128. The highest BCUT2D eigenvalue weighted by atomic mass is 16.5.